The molecule has 3 heterocycles. The predicted octanol–water partition coefficient (Wildman–Crippen LogP) is 2.08. The van der Waals surface area contributed by atoms with E-state index in [9.17, 15) is 4.79 Å². The normalized spacial score (nSPS) is 15.0. The molecule has 134 valence electrons. The zero-order valence-corrected chi connectivity index (χ0v) is 15.0. The minimum Gasteiger partial charge on any atom is -0.378 e. The van der Waals surface area contributed by atoms with Gasteiger partial charge in [0, 0.05) is 18.0 Å². The maximum Gasteiger partial charge on any atom is 0.260 e. The number of carbonyl (C=O) groups is 1. The van der Waals surface area contributed by atoms with Crippen molar-refractivity contribution >= 4 is 39.5 Å². The SMILES string of the molecule is O=C(Cn1cnc2ccccc21)N/N=C/c1ccc(N2CCOCC2)s1. The van der Waals surface area contributed by atoms with Gasteiger partial charge in [-0.2, -0.15) is 5.10 Å². The number of nitrogens with zero attached hydrogens (tertiary/aromatic N) is 4. The molecule has 0 spiro atoms. The summed E-state index contributed by atoms with van der Waals surface area (Å²) in [5, 5.41) is 5.27. The minimum absolute atomic E-state index is 0.182. The number of hydrogen-bond acceptors (Lipinski definition) is 6. The highest BCUT2D eigenvalue weighted by Gasteiger charge is 2.12. The number of imidazole rings is 1. The number of nitrogens with one attached hydrogen (secondary N) is 1. The zero-order valence-electron chi connectivity index (χ0n) is 14.2. The maximum atomic E-state index is 12.1. The Morgan fingerprint density at radius 1 is 1.27 bits per heavy atom. The lowest BCUT2D eigenvalue weighted by Gasteiger charge is -2.27. The largest absolute Gasteiger partial charge is 0.378 e. The number of morpholine rings is 1. The van der Waals surface area contributed by atoms with E-state index >= 15 is 0 Å². The van der Waals surface area contributed by atoms with Gasteiger partial charge in [-0.15, -0.1) is 11.3 Å². The summed E-state index contributed by atoms with van der Waals surface area (Å²) in [4.78, 5) is 19.7. The second kappa shape index (κ2) is 7.67. The van der Waals surface area contributed by atoms with E-state index in [1.807, 2.05) is 34.9 Å². The van der Waals surface area contributed by atoms with Crippen LogP contribution in [0.2, 0.25) is 0 Å². The van der Waals surface area contributed by atoms with Gasteiger partial charge in [0.25, 0.3) is 5.91 Å². The summed E-state index contributed by atoms with van der Waals surface area (Å²) < 4.78 is 7.18. The number of hydrazone groups is 1. The number of fused-ring (bicyclic) bond motifs is 1. The van der Waals surface area contributed by atoms with E-state index in [0.29, 0.717) is 0 Å². The molecule has 2 aromatic heterocycles. The second-order valence-electron chi connectivity index (χ2n) is 5.93. The summed E-state index contributed by atoms with van der Waals surface area (Å²) in [5.74, 6) is -0.186. The summed E-state index contributed by atoms with van der Waals surface area (Å²) in [5.41, 5.74) is 4.38. The Balaban J connectivity index is 1.33. The van der Waals surface area contributed by atoms with Crippen LogP contribution in [-0.2, 0) is 16.1 Å². The van der Waals surface area contributed by atoms with Crippen molar-refractivity contribution in [2.45, 2.75) is 6.54 Å². The van der Waals surface area contributed by atoms with E-state index < -0.39 is 0 Å². The van der Waals surface area contributed by atoms with Crippen LogP contribution in [0, 0.1) is 0 Å². The van der Waals surface area contributed by atoms with Crippen molar-refractivity contribution in [3.63, 3.8) is 0 Å². The smallest absolute Gasteiger partial charge is 0.260 e. The van der Waals surface area contributed by atoms with Gasteiger partial charge in [0.2, 0.25) is 0 Å². The highest BCUT2D eigenvalue weighted by atomic mass is 32.1. The van der Waals surface area contributed by atoms with Gasteiger partial charge in [-0.1, -0.05) is 12.1 Å². The fourth-order valence-electron chi connectivity index (χ4n) is 2.86. The third kappa shape index (κ3) is 3.76. The number of aromatic nitrogens is 2. The van der Waals surface area contributed by atoms with Crippen molar-refractivity contribution in [1.29, 1.82) is 0 Å². The van der Waals surface area contributed by atoms with Crippen molar-refractivity contribution in [2.24, 2.45) is 5.10 Å². The van der Waals surface area contributed by atoms with Gasteiger partial charge in [-0.3, -0.25) is 4.79 Å². The van der Waals surface area contributed by atoms with Gasteiger partial charge in [0.1, 0.15) is 6.54 Å². The Morgan fingerprint density at radius 3 is 3.00 bits per heavy atom. The lowest BCUT2D eigenvalue weighted by atomic mass is 10.3. The van der Waals surface area contributed by atoms with E-state index in [2.05, 4.69) is 26.5 Å². The number of rotatable bonds is 5. The summed E-state index contributed by atoms with van der Waals surface area (Å²) in [6, 6.07) is 11.8. The fraction of sp³-hybridized carbons (Fsp3) is 0.278. The Bertz CT molecular complexity index is 926. The number of thiophene rings is 1. The molecule has 8 heteroatoms. The van der Waals surface area contributed by atoms with E-state index in [0.717, 1.165) is 42.2 Å². The van der Waals surface area contributed by atoms with E-state index in [1.54, 1.807) is 23.9 Å². The average Bonchev–Trinajstić information content (AvgIpc) is 3.30. The second-order valence-corrected chi connectivity index (χ2v) is 7.02. The van der Waals surface area contributed by atoms with Gasteiger partial charge in [-0.25, -0.2) is 10.4 Å². The molecule has 26 heavy (non-hydrogen) atoms. The van der Waals surface area contributed by atoms with Gasteiger partial charge < -0.3 is 14.2 Å². The summed E-state index contributed by atoms with van der Waals surface area (Å²) >= 11 is 1.65. The molecule has 1 aliphatic heterocycles. The fourth-order valence-corrected chi connectivity index (χ4v) is 3.79. The predicted molar refractivity (Wildman–Crippen MR) is 103 cm³/mol. The molecule has 0 bridgehead atoms. The van der Waals surface area contributed by atoms with Crippen LogP contribution in [0.3, 0.4) is 0 Å². The standard InChI is InChI=1S/C18H19N5O2S/c24-17(12-23-13-19-15-3-1-2-4-16(15)23)21-20-11-14-5-6-18(26-14)22-7-9-25-10-8-22/h1-6,11,13H,7-10,12H2,(H,21,24)/b20-11+. The monoisotopic (exact) mass is 369 g/mol. The van der Waals surface area contributed by atoms with Crippen LogP contribution in [0.5, 0.6) is 0 Å². The van der Waals surface area contributed by atoms with E-state index in [1.165, 1.54) is 5.00 Å². The molecule has 4 rings (SSSR count). The first-order valence-electron chi connectivity index (χ1n) is 8.44. The van der Waals surface area contributed by atoms with Gasteiger partial charge >= 0.3 is 0 Å². The van der Waals surface area contributed by atoms with Crippen LogP contribution in [0.25, 0.3) is 11.0 Å². The molecule has 7 nitrogen and oxygen atoms in total. The number of benzene rings is 1. The molecule has 1 saturated heterocycles. The highest BCUT2D eigenvalue weighted by molar-refractivity contribution is 7.17. The molecule has 0 aliphatic carbocycles. The lowest BCUT2D eigenvalue weighted by molar-refractivity contribution is -0.121. The van der Waals surface area contributed by atoms with Crippen molar-refractivity contribution in [3.8, 4) is 0 Å². The number of hydrogen-bond donors (Lipinski definition) is 1. The first kappa shape index (κ1) is 16.7. The Morgan fingerprint density at radius 2 is 2.12 bits per heavy atom. The van der Waals surface area contributed by atoms with E-state index in [-0.39, 0.29) is 12.5 Å². The molecule has 1 amide bonds. The Kier molecular flexibility index (Phi) is 4.94. The number of carbonyl (C=O) groups excluding carboxylic acids is 1. The number of ether oxygens (including phenoxy) is 1. The molecule has 0 unspecified atom stereocenters. The minimum atomic E-state index is -0.186. The van der Waals surface area contributed by atoms with Crippen LogP contribution in [0.1, 0.15) is 4.88 Å². The van der Waals surface area contributed by atoms with Crippen LogP contribution >= 0.6 is 11.3 Å². The van der Waals surface area contributed by atoms with Gasteiger partial charge in [0.05, 0.1) is 41.8 Å². The molecule has 1 aliphatic rings. The van der Waals surface area contributed by atoms with Crippen molar-refractivity contribution in [1.82, 2.24) is 15.0 Å². The van der Waals surface area contributed by atoms with Crippen molar-refractivity contribution in [3.05, 3.63) is 47.6 Å². The molecule has 0 radical (unpaired) electrons. The van der Waals surface area contributed by atoms with Crippen LogP contribution in [0.4, 0.5) is 5.00 Å². The number of para-hydroxylation sites is 2. The average molecular weight is 369 g/mol. The summed E-state index contributed by atoms with van der Waals surface area (Å²) in [6.07, 6.45) is 3.35. The third-order valence-electron chi connectivity index (χ3n) is 4.16. The summed E-state index contributed by atoms with van der Waals surface area (Å²) in [6.45, 7) is 3.53. The molecule has 1 N–H and O–H groups in total. The van der Waals surface area contributed by atoms with Crippen LogP contribution in [0.15, 0.2) is 47.8 Å². The molecule has 0 atom stereocenters. The quantitative estimate of drug-likeness (QED) is 0.552. The highest BCUT2D eigenvalue weighted by Crippen LogP contribution is 2.25. The molecule has 0 saturated carbocycles. The third-order valence-corrected chi connectivity index (χ3v) is 5.24. The van der Waals surface area contributed by atoms with Gasteiger partial charge in [0.15, 0.2) is 0 Å². The van der Waals surface area contributed by atoms with Crippen LogP contribution < -0.4 is 10.3 Å². The molecule has 1 aromatic carbocycles. The van der Waals surface area contributed by atoms with Crippen molar-refractivity contribution < 1.29 is 9.53 Å². The Labute approximate surface area is 154 Å². The Hall–Kier alpha value is -2.71. The van der Waals surface area contributed by atoms with Gasteiger partial charge in [-0.05, 0) is 24.3 Å². The summed E-state index contributed by atoms with van der Waals surface area (Å²) in [7, 11) is 0. The number of amides is 1. The first-order chi connectivity index (χ1) is 12.8. The van der Waals surface area contributed by atoms with E-state index in [4.69, 9.17) is 4.74 Å². The van der Waals surface area contributed by atoms with Crippen molar-refractivity contribution in [2.75, 3.05) is 31.2 Å². The molecular formula is C18H19N5O2S. The molecular weight excluding hydrogens is 350 g/mol. The number of anilines is 1. The lowest BCUT2D eigenvalue weighted by Crippen LogP contribution is -2.35. The molecule has 3 aromatic rings. The zero-order chi connectivity index (χ0) is 17.8. The molecule has 1 fully saturated rings. The topological polar surface area (TPSA) is 71.8 Å². The first-order valence-corrected chi connectivity index (χ1v) is 9.25. The van der Waals surface area contributed by atoms with Crippen LogP contribution in [-0.4, -0.2) is 48.0 Å². The maximum absolute atomic E-state index is 12.1.